The van der Waals surface area contributed by atoms with Gasteiger partial charge in [0.15, 0.2) is 0 Å². The fourth-order valence-corrected chi connectivity index (χ4v) is 3.70. The Balaban J connectivity index is 2.21. The van der Waals surface area contributed by atoms with Gasteiger partial charge in [-0.1, -0.05) is 31.2 Å². The molecule has 1 aromatic heterocycles. The Morgan fingerprint density at radius 1 is 1.29 bits per heavy atom. The highest BCUT2D eigenvalue weighted by molar-refractivity contribution is 7.89. The van der Waals surface area contributed by atoms with Crippen molar-refractivity contribution in [1.29, 1.82) is 0 Å². The minimum Gasteiger partial charge on any atom is -0.274 e. The molecule has 1 atom stereocenters. The van der Waals surface area contributed by atoms with E-state index in [-0.39, 0.29) is 10.9 Å². The Hall–Kier alpha value is -1.66. The van der Waals surface area contributed by atoms with E-state index in [1.165, 1.54) is 16.4 Å². The molecule has 6 heteroatoms. The largest absolute Gasteiger partial charge is 0.274 e. The minimum absolute atomic E-state index is 0.224. The van der Waals surface area contributed by atoms with Crippen LogP contribution in [-0.2, 0) is 23.5 Å². The van der Waals surface area contributed by atoms with Gasteiger partial charge in [-0.2, -0.15) is 5.10 Å². The lowest BCUT2D eigenvalue weighted by molar-refractivity contribution is 0.566. The molecule has 1 heterocycles. The zero-order valence-corrected chi connectivity index (χ0v) is 13.6. The van der Waals surface area contributed by atoms with Gasteiger partial charge in [-0.15, -0.1) is 0 Å². The molecule has 0 bridgehead atoms. The third-order valence-electron chi connectivity index (χ3n) is 3.48. The smallest absolute Gasteiger partial charge is 0.244 e. The van der Waals surface area contributed by atoms with Crippen molar-refractivity contribution in [1.82, 2.24) is 14.5 Å². The van der Waals surface area contributed by atoms with E-state index in [2.05, 4.69) is 16.7 Å². The number of sulfonamides is 1. The van der Waals surface area contributed by atoms with Crippen molar-refractivity contribution in [3.05, 3.63) is 47.3 Å². The molecule has 1 aromatic carbocycles. The molecule has 1 N–H and O–H groups in total. The summed E-state index contributed by atoms with van der Waals surface area (Å²) in [4.78, 5) is 0.224. The number of aromatic nitrogens is 2. The Morgan fingerprint density at radius 3 is 2.38 bits per heavy atom. The van der Waals surface area contributed by atoms with Crippen LogP contribution in [0.25, 0.3) is 0 Å². The van der Waals surface area contributed by atoms with E-state index in [1.54, 1.807) is 14.0 Å². The predicted octanol–water partition coefficient (Wildman–Crippen LogP) is 2.33. The number of benzene rings is 1. The summed E-state index contributed by atoms with van der Waals surface area (Å²) in [6.07, 6.45) is 2.49. The van der Waals surface area contributed by atoms with Crippen LogP contribution in [-0.4, -0.2) is 18.2 Å². The zero-order chi connectivity index (χ0) is 15.6. The van der Waals surface area contributed by atoms with Crippen LogP contribution >= 0.6 is 0 Å². The molecular weight excluding hydrogens is 286 g/mol. The molecule has 21 heavy (non-hydrogen) atoms. The molecule has 0 fully saturated rings. The molecular formula is C15H21N3O2S. The molecule has 0 saturated heterocycles. The third kappa shape index (κ3) is 3.51. The number of aryl methyl sites for hydroxylation is 3. The van der Waals surface area contributed by atoms with Gasteiger partial charge in [0.1, 0.15) is 4.90 Å². The molecule has 0 saturated carbocycles. The first-order valence-corrected chi connectivity index (χ1v) is 8.43. The van der Waals surface area contributed by atoms with Gasteiger partial charge in [0.2, 0.25) is 10.0 Å². The van der Waals surface area contributed by atoms with Gasteiger partial charge in [-0.25, -0.2) is 13.1 Å². The summed E-state index contributed by atoms with van der Waals surface area (Å²) in [5.74, 6) is 0. The third-order valence-corrected chi connectivity index (χ3v) is 5.12. The van der Waals surface area contributed by atoms with Gasteiger partial charge in [-0.05, 0) is 31.4 Å². The van der Waals surface area contributed by atoms with Crippen LogP contribution in [0.1, 0.15) is 36.7 Å². The summed E-state index contributed by atoms with van der Waals surface area (Å²) < 4.78 is 29.0. The summed E-state index contributed by atoms with van der Waals surface area (Å²) in [5, 5.41) is 4.08. The summed E-state index contributed by atoms with van der Waals surface area (Å²) in [6.45, 7) is 5.62. The molecule has 5 nitrogen and oxygen atoms in total. The topological polar surface area (TPSA) is 64.0 Å². The van der Waals surface area contributed by atoms with E-state index < -0.39 is 10.0 Å². The Morgan fingerprint density at radius 2 is 1.90 bits per heavy atom. The van der Waals surface area contributed by atoms with Crippen molar-refractivity contribution in [3.8, 4) is 0 Å². The maximum atomic E-state index is 12.4. The fourth-order valence-electron chi connectivity index (χ4n) is 2.25. The number of rotatable bonds is 5. The zero-order valence-electron chi connectivity index (χ0n) is 12.8. The molecule has 0 spiro atoms. The average molecular weight is 307 g/mol. The quantitative estimate of drug-likeness (QED) is 0.922. The van der Waals surface area contributed by atoms with Gasteiger partial charge in [0, 0.05) is 19.3 Å². The molecule has 1 unspecified atom stereocenters. The minimum atomic E-state index is -3.57. The Kier molecular flexibility index (Phi) is 4.49. The van der Waals surface area contributed by atoms with Gasteiger partial charge in [-0.3, -0.25) is 4.68 Å². The lowest BCUT2D eigenvalue weighted by atomic mass is 10.1. The molecule has 2 rings (SSSR count). The van der Waals surface area contributed by atoms with Crippen LogP contribution in [0.4, 0.5) is 0 Å². The molecule has 2 aromatic rings. The summed E-state index contributed by atoms with van der Waals surface area (Å²) >= 11 is 0. The molecule has 0 amide bonds. The van der Waals surface area contributed by atoms with Gasteiger partial charge >= 0.3 is 0 Å². The van der Waals surface area contributed by atoms with Crippen LogP contribution < -0.4 is 4.72 Å². The highest BCUT2D eigenvalue weighted by Gasteiger charge is 2.22. The standard InChI is InChI=1S/C15H21N3O2S/c1-5-13-6-8-14(9-7-13)11(2)17-21(19,20)15-10-18(4)16-12(15)3/h6-11,17H,5H2,1-4H3. The average Bonchev–Trinajstić information content (AvgIpc) is 2.78. The van der Waals surface area contributed by atoms with Gasteiger partial charge < -0.3 is 0 Å². The van der Waals surface area contributed by atoms with Crippen molar-refractivity contribution in [2.45, 2.75) is 38.1 Å². The molecule has 0 aliphatic heterocycles. The molecule has 0 radical (unpaired) electrons. The summed E-state index contributed by atoms with van der Waals surface area (Å²) in [5.41, 5.74) is 2.67. The first-order valence-electron chi connectivity index (χ1n) is 6.95. The van der Waals surface area contributed by atoms with Crippen LogP contribution in [0.15, 0.2) is 35.4 Å². The first-order chi connectivity index (χ1) is 9.83. The maximum absolute atomic E-state index is 12.4. The van der Waals surface area contributed by atoms with Crippen molar-refractivity contribution >= 4 is 10.0 Å². The number of hydrogen-bond acceptors (Lipinski definition) is 3. The number of hydrogen-bond donors (Lipinski definition) is 1. The monoisotopic (exact) mass is 307 g/mol. The SMILES string of the molecule is CCc1ccc(C(C)NS(=O)(=O)c2cn(C)nc2C)cc1. The lowest BCUT2D eigenvalue weighted by Gasteiger charge is -2.14. The second-order valence-corrected chi connectivity index (χ2v) is 6.87. The second kappa shape index (κ2) is 5.99. The number of nitrogens with zero attached hydrogens (tertiary/aromatic N) is 2. The van der Waals surface area contributed by atoms with Crippen molar-refractivity contribution < 1.29 is 8.42 Å². The summed E-state index contributed by atoms with van der Waals surface area (Å²) in [7, 11) is -1.86. The van der Waals surface area contributed by atoms with E-state index >= 15 is 0 Å². The number of nitrogens with one attached hydrogen (secondary N) is 1. The summed E-state index contributed by atoms with van der Waals surface area (Å²) in [6, 6.07) is 7.68. The van der Waals surface area contributed by atoms with Crippen LogP contribution in [0.3, 0.4) is 0 Å². The van der Waals surface area contributed by atoms with Crippen molar-refractivity contribution in [2.75, 3.05) is 0 Å². The fraction of sp³-hybridized carbons (Fsp3) is 0.400. The van der Waals surface area contributed by atoms with E-state index in [0.29, 0.717) is 5.69 Å². The van der Waals surface area contributed by atoms with E-state index in [0.717, 1.165) is 12.0 Å². The van der Waals surface area contributed by atoms with Crippen molar-refractivity contribution in [2.24, 2.45) is 7.05 Å². The first kappa shape index (κ1) is 15.7. The van der Waals surface area contributed by atoms with Crippen LogP contribution in [0, 0.1) is 6.92 Å². The molecule has 0 aliphatic rings. The van der Waals surface area contributed by atoms with Gasteiger partial charge in [0.25, 0.3) is 0 Å². The normalized spacial score (nSPS) is 13.3. The Bertz CT molecular complexity index is 718. The predicted molar refractivity (Wildman–Crippen MR) is 82.5 cm³/mol. The van der Waals surface area contributed by atoms with Crippen LogP contribution in [0.5, 0.6) is 0 Å². The second-order valence-electron chi connectivity index (χ2n) is 5.19. The molecule has 114 valence electrons. The molecule has 0 aliphatic carbocycles. The lowest BCUT2D eigenvalue weighted by Crippen LogP contribution is -2.27. The van der Waals surface area contributed by atoms with Crippen molar-refractivity contribution in [3.63, 3.8) is 0 Å². The van der Waals surface area contributed by atoms with Gasteiger partial charge in [0.05, 0.1) is 5.69 Å². The van der Waals surface area contributed by atoms with Crippen LogP contribution in [0.2, 0.25) is 0 Å². The Labute approximate surface area is 126 Å². The maximum Gasteiger partial charge on any atom is 0.244 e. The highest BCUT2D eigenvalue weighted by atomic mass is 32.2. The highest BCUT2D eigenvalue weighted by Crippen LogP contribution is 2.19. The van der Waals surface area contributed by atoms with E-state index in [4.69, 9.17) is 0 Å². The van der Waals surface area contributed by atoms with E-state index in [1.807, 2.05) is 31.2 Å². The van der Waals surface area contributed by atoms with E-state index in [9.17, 15) is 8.42 Å².